The summed E-state index contributed by atoms with van der Waals surface area (Å²) in [5.41, 5.74) is 8.86. The molecule has 0 aliphatic rings. The molecule has 2 rings (SSSR count). The summed E-state index contributed by atoms with van der Waals surface area (Å²) in [6.07, 6.45) is 3.36. The first-order valence-electron chi connectivity index (χ1n) is 6.85. The van der Waals surface area contributed by atoms with Crippen LogP contribution in [0.15, 0.2) is 58.9 Å². The summed E-state index contributed by atoms with van der Waals surface area (Å²) < 4.78 is 0. The lowest BCUT2D eigenvalue weighted by Crippen LogP contribution is -2.14. The largest absolute Gasteiger partial charge is 0.380 e. The SMILES string of the molecule is CC(C)(C)c1ccc(C=NN=C(N)c2ccccn2)cc1. The summed E-state index contributed by atoms with van der Waals surface area (Å²) >= 11 is 0. The number of amidine groups is 1. The molecule has 0 bridgehead atoms. The van der Waals surface area contributed by atoms with Crippen LogP contribution in [0, 0.1) is 0 Å². The Morgan fingerprint density at radius 2 is 1.81 bits per heavy atom. The van der Waals surface area contributed by atoms with E-state index in [9.17, 15) is 0 Å². The van der Waals surface area contributed by atoms with E-state index in [4.69, 9.17) is 5.73 Å². The standard InChI is InChI=1S/C17H20N4/c1-17(2,3)14-9-7-13(8-10-14)12-20-21-16(18)15-6-4-5-11-19-15/h4-12H,1-3H3,(H2,18,21). The predicted molar refractivity (Wildman–Crippen MR) is 87.7 cm³/mol. The molecule has 0 saturated heterocycles. The van der Waals surface area contributed by atoms with E-state index in [-0.39, 0.29) is 5.41 Å². The molecule has 108 valence electrons. The normalized spacial score (nSPS) is 12.8. The molecule has 0 aliphatic heterocycles. The average molecular weight is 280 g/mol. The van der Waals surface area contributed by atoms with Crippen LogP contribution < -0.4 is 5.73 Å². The van der Waals surface area contributed by atoms with Gasteiger partial charge < -0.3 is 5.73 Å². The Kier molecular flexibility index (Phi) is 4.48. The lowest BCUT2D eigenvalue weighted by atomic mass is 9.87. The minimum Gasteiger partial charge on any atom is -0.380 e. The Hall–Kier alpha value is -2.49. The van der Waals surface area contributed by atoms with E-state index in [2.05, 4.69) is 48.1 Å². The highest BCUT2D eigenvalue weighted by atomic mass is 15.2. The quantitative estimate of drug-likeness (QED) is 0.533. The van der Waals surface area contributed by atoms with Crippen molar-refractivity contribution in [1.82, 2.24) is 4.98 Å². The fourth-order valence-corrected chi connectivity index (χ4v) is 1.79. The predicted octanol–water partition coefficient (Wildman–Crippen LogP) is 3.12. The van der Waals surface area contributed by atoms with Gasteiger partial charge in [-0.05, 0) is 28.7 Å². The monoisotopic (exact) mass is 280 g/mol. The van der Waals surface area contributed by atoms with Gasteiger partial charge in [-0.3, -0.25) is 4.98 Å². The minimum absolute atomic E-state index is 0.150. The second kappa shape index (κ2) is 6.31. The molecule has 4 nitrogen and oxygen atoms in total. The van der Waals surface area contributed by atoms with Crippen molar-refractivity contribution in [3.8, 4) is 0 Å². The minimum atomic E-state index is 0.150. The first-order chi connectivity index (χ1) is 9.97. The zero-order valence-corrected chi connectivity index (χ0v) is 12.6. The number of nitrogens with zero attached hydrogens (tertiary/aromatic N) is 3. The Balaban J connectivity index is 2.08. The van der Waals surface area contributed by atoms with Crippen molar-refractivity contribution in [2.24, 2.45) is 15.9 Å². The molecule has 0 saturated carbocycles. The third-order valence-electron chi connectivity index (χ3n) is 3.08. The molecule has 0 amide bonds. The molecule has 0 spiro atoms. The van der Waals surface area contributed by atoms with Gasteiger partial charge in [0.15, 0.2) is 5.84 Å². The van der Waals surface area contributed by atoms with Crippen LogP contribution in [0.25, 0.3) is 0 Å². The van der Waals surface area contributed by atoms with E-state index in [1.807, 2.05) is 24.3 Å². The van der Waals surface area contributed by atoms with Gasteiger partial charge in [0.1, 0.15) is 5.69 Å². The van der Waals surface area contributed by atoms with Crippen LogP contribution in [0.3, 0.4) is 0 Å². The Bertz CT molecular complexity index is 635. The molecule has 0 fully saturated rings. The van der Waals surface area contributed by atoms with Crippen molar-refractivity contribution in [3.63, 3.8) is 0 Å². The van der Waals surface area contributed by atoms with Gasteiger partial charge in [-0.2, -0.15) is 5.10 Å². The number of hydrogen-bond acceptors (Lipinski definition) is 3. The number of benzene rings is 1. The number of aromatic nitrogens is 1. The van der Waals surface area contributed by atoms with Crippen LogP contribution in [0.1, 0.15) is 37.6 Å². The summed E-state index contributed by atoms with van der Waals surface area (Å²) in [4.78, 5) is 4.11. The van der Waals surface area contributed by atoms with Crippen molar-refractivity contribution in [1.29, 1.82) is 0 Å². The topological polar surface area (TPSA) is 63.6 Å². The van der Waals surface area contributed by atoms with Gasteiger partial charge in [0.2, 0.25) is 0 Å². The molecule has 2 N–H and O–H groups in total. The second-order valence-electron chi connectivity index (χ2n) is 5.82. The number of hydrogen-bond donors (Lipinski definition) is 1. The summed E-state index contributed by atoms with van der Waals surface area (Å²) in [6, 6.07) is 13.7. The summed E-state index contributed by atoms with van der Waals surface area (Å²) in [6.45, 7) is 6.57. The van der Waals surface area contributed by atoms with E-state index in [1.54, 1.807) is 18.5 Å². The summed E-state index contributed by atoms with van der Waals surface area (Å²) in [5, 5.41) is 7.97. The number of rotatable bonds is 3. The van der Waals surface area contributed by atoms with Crippen LogP contribution in [-0.2, 0) is 5.41 Å². The van der Waals surface area contributed by atoms with Crippen molar-refractivity contribution in [2.75, 3.05) is 0 Å². The zero-order valence-electron chi connectivity index (χ0n) is 12.6. The molecule has 1 aromatic carbocycles. The van der Waals surface area contributed by atoms with Crippen LogP contribution in [0.5, 0.6) is 0 Å². The van der Waals surface area contributed by atoms with Crippen molar-refractivity contribution in [3.05, 3.63) is 65.5 Å². The van der Waals surface area contributed by atoms with Gasteiger partial charge >= 0.3 is 0 Å². The maximum absolute atomic E-state index is 5.81. The molecule has 0 unspecified atom stereocenters. The Morgan fingerprint density at radius 3 is 2.38 bits per heavy atom. The zero-order chi connectivity index (χ0) is 15.3. The van der Waals surface area contributed by atoms with Crippen LogP contribution >= 0.6 is 0 Å². The van der Waals surface area contributed by atoms with E-state index in [0.29, 0.717) is 11.5 Å². The van der Waals surface area contributed by atoms with E-state index >= 15 is 0 Å². The molecule has 1 aromatic heterocycles. The maximum Gasteiger partial charge on any atom is 0.171 e. The number of pyridine rings is 1. The van der Waals surface area contributed by atoms with Gasteiger partial charge in [0.05, 0.1) is 6.21 Å². The van der Waals surface area contributed by atoms with Crippen LogP contribution in [0.2, 0.25) is 0 Å². The molecular weight excluding hydrogens is 260 g/mol. The number of nitrogens with two attached hydrogens (primary N) is 1. The van der Waals surface area contributed by atoms with Gasteiger partial charge in [0, 0.05) is 6.20 Å². The van der Waals surface area contributed by atoms with E-state index in [0.717, 1.165) is 5.56 Å². The van der Waals surface area contributed by atoms with Crippen molar-refractivity contribution < 1.29 is 0 Å². The summed E-state index contributed by atoms with van der Waals surface area (Å²) in [5.74, 6) is 0.304. The molecule has 4 heteroatoms. The lowest BCUT2D eigenvalue weighted by molar-refractivity contribution is 0.590. The summed E-state index contributed by atoms with van der Waals surface area (Å²) in [7, 11) is 0. The van der Waals surface area contributed by atoms with Crippen molar-refractivity contribution >= 4 is 12.1 Å². The average Bonchev–Trinajstić information content (AvgIpc) is 2.47. The van der Waals surface area contributed by atoms with E-state index < -0.39 is 0 Å². The maximum atomic E-state index is 5.81. The molecule has 2 aromatic rings. The highest BCUT2D eigenvalue weighted by Crippen LogP contribution is 2.21. The molecule has 0 aliphatic carbocycles. The smallest absolute Gasteiger partial charge is 0.171 e. The fraction of sp³-hybridized carbons (Fsp3) is 0.235. The Labute approximate surface area is 125 Å². The molecular formula is C17H20N4. The molecule has 1 heterocycles. The fourth-order valence-electron chi connectivity index (χ4n) is 1.79. The second-order valence-corrected chi connectivity index (χ2v) is 5.82. The molecule has 21 heavy (non-hydrogen) atoms. The van der Waals surface area contributed by atoms with Crippen LogP contribution in [0.4, 0.5) is 0 Å². The van der Waals surface area contributed by atoms with Gasteiger partial charge in [0.25, 0.3) is 0 Å². The van der Waals surface area contributed by atoms with Gasteiger partial charge in [-0.25, -0.2) is 0 Å². The Morgan fingerprint density at radius 1 is 1.10 bits per heavy atom. The lowest BCUT2D eigenvalue weighted by Gasteiger charge is -2.18. The first kappa shape index (κ1) is 14.9. The molecule has 0 atom stereocenters. The highest BCUT2D eigenvalue weighted by Gasteiger charge is 2.12. The van der Waals surface area contributed by atoms with Crippen molar-refractivity contribution in [2.45, 2.75) is 26.2 Å². The first-order valence-corrected chi connectivity index (χ1v) is 6.85. The molecule has 0 radical (unpaired) electrons. The highest BCUT2D eigenvalue weighted by molar-refractivity contribution is 5.95. The van der Waals surface area contributed by atoms with E-state index in [1.165, 1.54) is 5.56 Å². The van der Waals surface area contributed by atoms with Gasteiger partial charge in [-0.15, -0.1) is 5.10 Å². The third kappa shape index (κ3) is 4.24. The van der Waals surface area contributed by atoms with Gasteiger partial charge in [-0.1, -0.05) is 51.1 Å². The third-order valence-corrected chi connectivity index (χ3v) is 3.08. The van der Waals surface area contributed by atoms with Crippen LogP contribution in [-0.4, -0.2) is 17.0 Å².